The second-order valence-electron chi connectivity index (χ2n) is 3.41. The van der Waals surface area contributed by atoms with E-state index in [1.807, 2.05) is 60.7 Å². The summed E-state index contributed by atoms with van der Waals surface area (Å²) in [5.41, 5.74) is 0.790. The molecule has 0 fully saturated rings. The summed E-state index contributed by atoms with van der Waals surface area (Å²) in [7, 11) is 0. The summed E-state index contributed by atoms with van der Waals surface area (Å²) in [5.74, 6) is 0.755. The maximum absolute atomic E-state index is 9.77. The molecule has 0 aliphatic carbocycles. The van der Waals surface area contributed by atoms with Crippen molar-refractivity contribution in [1.29, 1.82) is 0 Å². The molecule has 0 heterocycles. The van der Waals surface area contributed by atoms with Gasteiger partial charge in [0.25, 0.3) is 0 Å². The molecule has 2 aromatic carbocycles. The van der Waals surface area contributed by atoms with Gasteiger partial charge in [0.05, 0.1) is 0 Å². The fourth-order valence-electron chi connectivity index (χ4n) is 1.38. The Morgan fingerprint density at radius 1 is 0.875 bits per heavy atom. The van der Waals surface area contributed by atoms with E-state index in [9.17, 15) is 5.11 Å². The van der Waals surface area contributed by atoms with E-state index in [1.54, 1.807) is 0 Å². The molecule has 0 saturated heterocycles. The third-order valence-corrected chi connectivity index (χ3v) is 2.23. The average Bonchev–Trinajstić information content (AvgIpc) is 2.38. The van der Waals surface area contributed by atoms with Crippen LogP contribution in [0.2, 0.25) is 0 Å². The van der Waals surface area contributed by atoms with Gasteiger partial charge in [-0.2, -0.15) is 0 Å². The molecule has 1 radical (unpaired) electrons. The fourth-order valence-corrected chi connectivity index (χ4v) is 1.38. The largest absolute Gasteiger partial charge is 0.490 e. The lowest BCUT2D eigenvalue weighted by atomic mass is 10.1. The second-order valence-corrected chi connectivity index (χ2v) is 3.41. The molecule has 81 valence electrons. The van der Waals surface area contributed by atoms with Crippen LogP contribution in [0.5, 0.6) is 5.75 Å². The zero-order valence-electron chi connectivity index (χ0n) is 8.84. The lowest BCUT2D eigenvalue weighted by molar-refractivity contribution is 0.220. The van der Waals surface area contributed by atoms with Crippen LogP contribution in [0.15, 0.2) is 60.7 Å². The van der Waals surface area contributed by atoms with E-state index in [1.165, 1.54) is 0 Å². The van der Waals surface area contributed by atoms with Crippen LogP contribution in [-0.2, 0) is 0 Å². The van der Waals surface area contributed by atoms with E-state index in [-0.39, 0.29) is 12.7 Å². The van der Waals surface area contributed by atoms with Gasteiger partial charge in [0.15, 0.2) is 6.10 Å². The minimum absolute atomic E-state index is 0.189. The molecule has 2 nitrogen and oxygen atoms in total. The minimum atomic E-state index is 0.189. The molecule has 2 rings (SSSR count). The van der Waals surface area contributed by atoms with Crippen molar-refractivity contribution in [2.75, 3.05) is 6.61 Å². The second kappa shape index (κ2) is 5.33. The van der Waals surface area contributed by atoms with Crippen LogP contribution >= 0.6 is 0 Å². The predicted molar refractivity (Wildman–Crippen MR) is 62.7 cm³/mol. The molecule has 0 aromatic heterocycles. The van der Waals surface area contributed by atoms with Crippen LogP contribution in [0.1, 0.15) is 5.56 Å². The molecule has 0 spiro atoms. The first-order chi connectivity index (χ1) is 7.86. The Hall–Kier alpha value is -1.80. The van der Waals surface area contributed by atoms with E-state index < -0.39 is 0 Å². The molecule has 0 unspecified atom stereocenters. The molecule has 16 heavy (non-hydrogen) atoms. The molecule has 0 aliphatic heterocycles. The highest BCUT2D eigenvalue weighted by atomic mass is 16.5. The standard InChI is InChI=1S/C14H13O2/c15-14(12-7-3-1-4-8-12)11-16-13-9-5-2-6-10-13/h1-10,15H,11H2. The Kier molecular flexibility index (Phi) is 3.57. The average molecular weight is 213 g/mol. The summed E-state index contributed by atoms with van der Waals surface area (Å²) in [5, 5.41) is 9.77. The van der Waals surface area contributed by atoms with Crippen LogP contribution in [0, 0.1) is 6.10 Å². The van der Waals surface area contributed by atoms with Gasteiger partial charge in [-0.3, -0.25) is 0 Å². The number of aliphatic hydroxyl groups excluding tert-OH is 1. The molecule has 0 amide bonds. The Morgan fingerprint density at radius 3 is 2.06 bits per heavy atom. The first kappa shape index (κ1) is 10.7. The van der Waals surface area contributed by atoms with Gasteiger partial charge in [-0.1, -0.05) is 48.5 Å². The third-order valence-electron chi connectivity index (χ3n) is 2.23. The van der Waals surface area contributed by atoms with Gasteiger partial charge in [0.2, 0.25) is 0 Å². The highest BCUT2D eigenvalue weighted by Gasteiger charge is 2.08. The molecular formula is C14H13O2. The highest BCUT2D eigenvalue weighted by molar-refractivity contribution is 5.27. The van der Waals surface area contributed by atoms with Crippen LogP contribution in [0.25, 0.3) is 0 Å². The molecule has 0 bridgehead atoms. The van der Waals surface area contributed by atoms with Gasteiger partial charge < -0.3 is 9.84 Å². The number of benzene rings is 2. The number of aliphatic hydroxyl groups is 1. The molecule has 1 N–H and O–H groups in total. The number of hydrogen-bond donors (Lipinski definition) is 1. The number of rotatable bonds is 4. The number of hydrogen-bond acceptors (Lipinski definition) is 2. The van der Waals surface area contributed by atoms with Crippen molar-refractivity contribution in [2.45, 2.75) is 0 Å². The lowest BCUT2D eigenvalue weighted by Gasteiger charge is -2.11. The molecule has 2 heteroatoms. The smallest absolute Gasteiger partial charge is 0.159 e. The summed E-state index contributed by atoms with van der Waals surface area (Å²) < 4.78 is 5.44. The molecular weight excluding hydrogens is 200 g/mol. The maximum atomic E-state index is 9.77. The Labute approximate surface area is 95.1 Å². The fraction of sp³-hybridized carbons (Fsp3) is 0.0714. The Morgan fingerprint density at radius 2 is 1.44 bits per heavy atom. The van der Waals surface area contributed by atoms with Crippen LogP contribution < -0.4 is 4.74 Å². The Bertz CT molecular complexity index is 411. The van der Waals surface area contributed by atoms with Crippen LogP contribution in [0.3, 0.4) is 0 Å². The van der Waals surface area contributed by atoms with Gasteiger partial charge in [0, 0.05) is 0 Å². The first-order valence-electron chi connectivity index (χ1n) is 5.14. The van der Waals surface area contributed by atoms with E-state index in [4.69, 9.17) is 4.74 Å². The van der Waals surface area contributed by atoms with Gasteiger partial charge >= 0.3 is 0 Å². The molecule has 0 aliphatic rings. The topological polar surface area (TPSA) is 29.5 Å². The summed E-state index contributed by atoms with van der Waals surface area (Å²) in [6, 6.07) is 18.8. The third kappa shape index (κ3) is 2.84. The zero-order valence-corrected chi connectivity index (χ0v) is 8.84. The van der Waals surface area contributed by atoms with Crippen molar-refractivity contribution < 1.29 is 9.84 Å². The Balaban J connectivity index is 1.92. The van der Waals surface area contributed by atoms with E-state index in [2.05, 4.69) is 0 Å². The van der Waals surface area contributed by atoms with Crippen molar-refractivity contribution in [1.82, 2.24) is 0 Å². The highest BCUT2D eigenvalue weighted by Crippen LogP contribution is 2.14. The SMILES string of the molecule is O[C](COc1ccccc1)c1ccccc1. The quantitative estimate of drug-likeness (QED) is 0.845. The predicted octanol–water partition coefficient (Wildman–Crippen LogP) is 3.02. The van der Waals surface area contributed by atoms with E-state index in [0.29, 0.717) is 0 Å². The molecule has 2 aromatic rings. The minimum Gasteiger partial charge on any atom is -0.490 e. The van der Waals surface area contributed by atoms with Crippen LogP contribution in [-0.4, -0.2) is 11.7 Å². The monoisotopic (exact) mass is 213 g/mol. The zero-order chi connectivity index (χ0) is 11.2. The van der Waals surface area contributed by atoms with Crippen molar-refractivity contribution in [3.05, 3.63) is 72.3 Å². The van der Waals surface area contributed by atoms with Crippen molar-refractivity contribution in [3.8, 4) is 5.75 Å². The number of para-hydroxylation sites is 1. The van der Waals surface area contributed by atoms with Crippen molar-refractivity contribution in [3.63, 3.8) is 0 Å². The van der Waals surface area contributed by atoms with E-state index >= 15 is 0 Å². The molecule has 0 saturated carbocycles. The van der Waals surface area contributed by atoms with Gasteiger partial charge in [-0.15, -0.1) is 0 Å². The summed E-state index contributed by atoms with van der Waals surface area (Å²) in [6.07, 6.45) is 0.240. The normalized spacial score (nSPS) is 10.4. The van der Waals surface area contributed by atoms with Gasteiger partial charge in [-0.25, -0.2) is 0 Å². The molecule has 0 atom stereocenters. The van der Waals surface area contributed by atoms with Crippen LogP contribution in [0.4, 0.5) is 0 Å². The van der Waals surface area contributed by atoms with Crippen molar-refractivity contribution in [2.24, 2.45) is 0 Å². The van der Waals surface area contributed by atoms with E-state index in [0.717, 1.165) is 11.3 Å². The summed E-state index contributed by atoms with van der Waals surface area (Å²) >= 11 is 0. The van der Waals surface area contributed by atoms with Crippen molar-refractivity contribution >= 4 is 0 Å². The van der Waals surface area contributed by atoms with Gasteiger partial charge in [0.1, 0.15) is 12.4 Å². The lowest BCUT2D eigenvalue weighted by Crippen LogP contribution is -2.10. The first-order valence-corrected chi connectivity index (χ1v) is 5.14. The summed E-state index contributed by atoms with van der Waals surface area (Å²) in [6.45, 7) is 0.189. The van der Waals surface area contributed by atoms with Gasteiger partial charge in [-0.05, 0) is 17.7 Å². The summed E-state index contributed by atoms with van der Waals surface area (Å²) in [4.78, 5) is 0. The maximum Gasteiger partial charge on any atom is 0.159 e. The number of ether oxygens (including phenoxy) is 1.